The second-order valence-electron chi connectivity index (χ2n) is 5.27. The van der Waals surface area contributed by atoms with Gasteiger partial charge in [-0.15, -0.1) is 0 Å². The Balaban J connectivity index is 2.13. The molecule has 0 spiro atoms. The van der Waals surface area contributed by atoms with E-state index in [-0.39, 0.29) is 6.04 Å². The van der Waals surface area contributed by atoms with Crippen molar-refractivity contribution in [2.24, 2.45) is 5.84 Å². The lowest BCUT2D eigenvalue weighted by Crippen LogP contribution is -2.29. The Labute approximate surface area is 132 Å². The molecule has 21 heavy (non-hydrogen) atoms. The molecule has 0 amide bonds. The molecule has 3 rings (SSSR count). The van der Waals surface area contributed by atoms with Gasteiger partial charge in [-0.25, -0.2) is 5.43 Å². The number of nitrogens with two attached hydrogens (primary N) is 1. The lowest BCUT2D eigenvalue weighted by molar-refractivity contribution is 0.475. The molecule has 1 aromatic heterocycles. The topological polar surface area (TPSA) is 51.2 Å². The normalized spacial score (nSPS) is 12.8. The first-order chi connectivity index (χ1) is 10.1. The van der Waals surface area contributed by atoms with Crippen molar-refractivity contribution in [2.45, 2.75) is 19.9 Å². The van der Waals surface area contributed by atoms with E-state index in [2.05, 4.69) is 53.4 Å². The van der Waals surface area contributed by atoms with Gasteiger partial charge in [-0.2, -0.15) is 0 Å². The maximum absolute atomic E-state index is 6.01. The number of furan rings is 1. The Hall–Kier alpha value is -1.62. The van der Waals surface area contributed by atoms with Gasteiger partial charge in [-0.05, 0) is 53.0 Å². The van der Waals surface area contributed by atoms with Crippen LogP contribution in [0.1, 0.15) is 28.5 Å². The minimum atomic E-state index is -0.163. The van der Waals surface area contributed by atoms with E-state index in [9.17, 15) is 0 Å². The van der Waals surface area contributed by atoms with Crippen LogP contribution in [0.25, 0.3) is 11.0 Å². The minimum Gasteiger partial charge on any atom is -0.458 e. The maximum Gasteiger partial charge on any atom is 0.148 e. The summed E-state index contributed by atoms with van der Waals surface area (Å²) in [4.78, 5) is 0. The largest absolute Gasteiger partial charge is 0.458 e. The van der Waals surface area contributed by atoms with Crippen molar-refractivity contribution in [3.8, 4) is 0 Å². The second kappa shape index (κ2) is 5.64. The molecule has 0 aliphatic carbocycles. The van der Waals surface area contributed by atoms with Crippen molar-refractivity contribution in [1.82, 2.24) is 5.43 Å². The number of hydrazine groups is 1. The molecule has 1 unspecified atom stereocenters. The number of fused-ring (bicyclic) bond motifs is 1. The van der Waals surface area contributed by atoms with Crippen LogP contribution in [0.15, 0.2) is 51.4 Å². The third-order valence-corrected chi connectivity index (χ3v) is 4.34. The Bertz CT molecular complexity index is 795. The summed E-state index contributed by atoms with van der Waals surface area (Å²) >= 11 is 3.52. The first kappa shape index (κ1) is 14.3. The van der Waals surface area contributed by atoms with Gasteiger partial charge < -0.3 is 4.42 Å². The molecular weight excluding hydrogens is 328 g/mol. The fourth-order valence-electron chi connectivity index (χ4n) is 2.59. The number of hydrogen-bond acceptors (Lipinski definition) is 3. The van der Waals surface area contributed by atoms with Gasteiger partial charge in [0.05, 0.1) is 4.47 Å². The molecule has 0 bridgehead atoms. The lowest BCUT2D eigenvalue weighted by atomic mass is 9.97. The second-order valence-corrected chi connectivity index (χ2v) is 6.12. The third-order valence-electron chi connectivity index (χ3n) is 3.71. The highest BCUT2D eigenvalue weighted by molar-refractivity contribution is 9.10. The highest BCUT2D eigenvalue weighted by Crippen LogP contribution is 2.33. The molecular formula is C17H17BrN2O. The van der Waals surface area contributed by atoms with Crippen LogP contribution in [0.2, 0.25) is 0 Å². The molecule has 0 aliphatic heterocycles. The summed E-state index contributed by atoms with van der Waals surface area (Å²) in [5, 5.41) is 1.06. The maximum atomic E-state index is 6.01. The number of rotatable bonds is 3. The van der Waals surface area contributed by atoms with Crippen LogP contribution in [-0.4, -0.2) is 0 Å². The fourth-order valence-corrected chi connectivity index (χ4v) is 3.05. The van der Waals surface area contributed by atoms with Crippen molar-refractivity contribution < 1.29 is 4.42 Å². The van der Waals surface area contributed by atoms with Gasteiger partial charge >= 0.3 is 0 Å². The molecule has 4 heteroatoms. The zero-order chi connectivity index (χ0) is 15.0. The monoisotopic (exact) mass is 344 g/mol. The number of nitrogens with one attached hydrogen (secondary N) is 1. The average Bonchev–Trinajstić information content (AvgIpc) is 2.89. The molecule has 0 fully saturated rings. The molecule has 1 atom stereocenters. The van der Waals surface area contributed by atoms with Crippen LogP contribution in [-0.2, 0) is 0 Å². The van der Waals surface area contributed by atoms with E-state index in [0.29, 0.717) is 0 Å². The molecule has 1 heterocycles. The van der Waals surface area contributed by atoms with Crippen LogP contribution in [0.4, 0.5) is 0 Å². The number of para-hydroxylation sites is 1. The minimum absolute atomic E-state index is 0.163. The molecule has 0 aliphatic rings. The summed E-state index contributed by atoms with van der Waals surface area (Å²) in [6.07, 6.45) is 0. The van der Waals surface area contributed by atoms with Crippen LogP contribution in [0.5, 0.6) is 0 Å². The smallest absolute Gasteiger partial charge is 0.148 e. The van der Waals surface area contributed by atoms with Crippen LogP contribution < -0.4 is 11.3 Å². The van der Waals surface area contributed by atoms with E-state index < -0.39 is 0 Å². The first-order valence-electron chi connectivity index (χ1n) is 6.81. The number of hydrogen-bond donors (Lipinski definition) is 2. The Morgan fingerprint density at radius 2 is 1.95 bits per heavy atom. The fraction of sp³-hybridized carbons (Fsp3) is 0.176. The zero-order valence-corrected chi connectivity index (χ0v) is 13.6. The number of halogens is 1. The summed E-state index contributed by atoms with van der Waals surface area (Å²) in [5.74, 6) is 6.61. The van der Waals surface area contributed by atoms with Gasteiger partial charge in [-0.3, -0.25) is 5.84 Å². The van der Waals surface area contributed by atoms with Crippen molar-refractivity contribution in [1.29, 1.82) is 0 Å². The highest BCUT2D eigenvalue weighted by atomic mass is 79.9. The predicted molar refractivity (Wildman–Crippen MR) is 89.0 cm³/mol. The van der Waals surface area contributed by atoms with E-state index >= 15 is 0 Å². The van der Waals surface area contributed by atoms with E-state index in [0.717, 1.165) is 26.8 Å². The molecule has 0 saturated carbocycles. The van der Waals surface area contributed by atoms with Gasteiger partial charge in [0.25, 0.3) is 0 Å². The van der Waals surface area contributed by atoms with Crippen molar-refractivity contribution in [2.75, 3.05) is 0 Å². The quantitative estimate of drug-likeness (QED) is 0.548. The number of aryl methyl sites for hydroxylation is 2. The molecule has 0 radical (unpaired) electrons. The van der Waals surface area contributed by atoms with Gasteiger partial charge in [0.15, 0.2) is 0 Å². The van der Waals surface area contributed by atoms with Gasteiger partial charge in [-0.1, -0.05) is 35.9 Å². The van der Waals surface area contributed by atoms with Gasteiger partial charge in [0, 0.05) is 5.39 Å². The predicted octanol–water partition coefficient (Wildman–Crippen LogP) is 4.36. The standard InChI is InChI=1S/C17H17BrN2O/c1-10-6-7-11(2)13(8-10)16(20-19)15-9-12-4-3-5-14(18)17(12)21-15/h3-9,16,20H,19H2,1-2H3. The van der Waals surface area contributed by atoms with E-state index in [1.54, 1.807) is 0 Å². The van der Waals surface area contributed by atoms with Crippen molar-refractivity contribution >= 4 is 26.9 Å². The SMILES string of the molecule is Cc1ccc(C)c(C(NN)c2cc3cccc(Br)c3o2)c1. The molecule has 3 aromatic rings. The molecule has 3 nitrogen and oxygen atoms in total. The van der Waals surface area contributed by atoms with E-state index in [1.165, 1.54) is 11.1 Å². The summed E-state index contributed by atoms with van der Waals surface area (Å²) in [7, 11) is 0. The lowest BCUT2D eigenvalue weighted by Gasteiger charge is -2.17. The highest BCUT2D eigenvalue weighted by Gasteiger charge is 2.19. The van der Waals surface area contributed by atoms with Crippen LogP contribution >= 0.6 is 15.9 Å². The third kappa shape index (κ3) is 2.62. The average molecular weight is 345 g/mol. The molecule has 3 N–H and O–H groups in total. The van der Waals surface area contributed by atoms with Crippen LogP contribution in [0, 0.1) is 13.8 Å². The van der Waals surface area contributed by atoms with Crippen LogP contribution in [0.3, 0.4) is 0 Å². The summed E-state index contributed by atoms with van der Waals surface area (Å²) in [5.41, 5.74) is 7.24. The molecule has 0 saturated heterocycles. The van der Waals surface area contributed by atoms with E-state index in [1.807, 2.05) is 24.3 Å². The zero-order valence-electron chi connectivity index (χ0n) is 12.0. The number of benzene rings is 2. The van der Waals surface area contributed by atoms with Gasteiger partial charge in [0.2, 0.25) is 0 Å². The molecule has 108 valence electrons. The Morgan fingerprint density at radius 1 is 1.14 bits per heavy atom. The first-order valence-corrected chi connectivity index (χ1v) is 7.60. The summed E-state index contributed by atoms with van der Waals surface area (Å²) < 4.78 is 6.96. The molecule has 2 aromatic carbocycles. The van der Waals surface area contributed by atoms with Crippen molar-refractivity contribution in [3.05, 3.63) is 69.4 Å². The summed E-state index contributed by atoms with van der Waals surface area (Å²) in [6.45, 7) is 4.16. The summed E-state index contributed by atoms with van der Waals surface area (Å²) in [6, 6.07) is 14.2. The Morgan fingerprint density at radius 3 is 2.67 bits per heavy atom. The van der Waals surface area contributed by atoms with Gasteiger partial charge in [0.1, 0.15) is 17.4 Å². The van der Waals surface area contributed by atoms with E-state index in [4.69, 9.17) is 10.3 Å². The Kier molecular flexibility index (Phi) is 3.85. The van der Waals surface area contributed by atoms with Crippen molar-refractivity contribution in [3.63, 3.8) is 0 Å².